The number of nitrogens with zero attached hydrogens (tertiary/aromatic N) is 1. The molecule has 1 unspecified atom stereocenters. The lowest BCUT2D eigenvalue weighted by atomic mass is 10.2. The fourth-order valence-electron chi connectivity index (χ4n) is 2.79. The van der Waals surface area contributed by atoms with E-state index in [4.69, 9.17) is 0 Å². The van der Waals surface area contributed by atoms with Gasteiger partial charge in [-0.3, -0.25) is 4.79 Å². The molecule has 1 amide bonds. The van der Waals surface area contributed by atoms with Crippen LogP contribution in [0.15, 0.2) is 23.1 Å². The van der Waals surface area contributed by atoms with Crippen molar-refractivity contribution in [2.45, 2.75) is 31.2 Å². The number of carbonyl (C=O) groups is 1. The lowest BCUT2D eigenvalue weighted by molar-refractivity contribution is -0.130. The highest BCUT2D eigenvalue weighted by Gasteiger charge is 2.33. The SMILES string of the molecule is CC(=O)N(CCNS(=O)(=O)c1ccc(F)c(C)c1)C1CCS(=O)(=O)C1. The van der Waals surface area contributed by atoms with Gasteiger partial charge in [0.2, 0.25) is 15.9 Å². The maximum atomic E-state index is 13.3. The fourth-order valence-corrected chi connectivity index (χ4v) is 5.62. The molecule has 0 spiro atoms. The van der Waals surface area contributed by atoms with Crippen LogP contribution >= 0.6 is 0 Å². The molecule has 1 aliphatic rings. The Kier molecular flexibility index (Phi) is 5.85. The molecule has 0 radical (unpaired) electrons. The molecule has 1 heterocycles. The van der Waals surface area contributed by atoms with Gasteiger partial charge in [0, 0.05) is 26.1 Å². The number of benzene rings is 1. The van der Waals surface area contributed by atoms with E-state index in [0.717, 1.165) is 12.1 Å². The highest BCUT2D eigenvalue weighted by atomic mass is 32.2. The summed E-state index contributed by atoms with van der Waals surface area (Å²) in [6.07, 6.45) is 0.353. The van der Waals surface area contributed by atoms with Crippen molar-refractivity contribution < 1.29 is 26.0 Å². The summed E-state index contributed by atoms with van der Waals surface area (Å²) in [6, 6.07) is 3.04. The number of sulfonamides is 1. The highest BCUT2D eigenvalue weighted by molar-refractivity contribution is 7.91. The summed E-state index contributed by atoms with van der Waals surface area (Å²) in [7, 11) is -6.99. The molecule has 140 valence electrons. The van der Waals surface area contributed by atoms with Crippen molar-refractivity contribution in [2.24, 2.45) is 0 Å². The van der Waals surface area contributed by atoms with Crippen LogP contribution in [0.3, 0.4) is 0 Å². The van der Waals surface area contributed by atoms with Gasteiger partial charge in [0.25, 0.3) is 0 Å². The van der Waals surface area contributed by atoms with Gasteiger partial charge in [-0.15, -0.1) is 0 Å². The predicted octanol–water partition coefficient (Wildman–Crippen LogP) is 0.448. The van der Waals surface area contributed by atoms with Crippen LogP contribution in [0.2, 0.25) is 0 Å². The Morgan fingerprint density at radius 1 is 1.40 bits per heavy atom. The molecule has 10 heteroatoms. The van der Waals surface area contributed by atoms with Crippen LogP contribution in [0.1, 0.15) is 18.9 Å². The number of sulfone groups is 1. The van der Waals surface area contributed by atoms with E-state index in [2.05, 4.69) is 4.72 Å². The molecule has 1 aromatic rings. The third-order valence-corrected chi connectivity index (χ3v) is 7.35. The number of halogens is 1. The summed E-state index contributed by atoms with van der Waals surface area (Å²) in [5.74, 6) is -0.874. The Morgan fingerprint density at radius 3 is 2.60 bits per heavy atom. The largest absolute Gasteiger partial charge is 0.338 e. The van der Waals surface area contributed by atoms with Crippen LogP contribution < -0.4 is 4.72 Å². The summed E-state index contributed by atoms with van der Waals surface area (Å²) in [4.78, 5) is 13.1. The van der Waals surface area contributed by atoms with Gasteiger partial charge in [-0.05, 0) is 37.1 Å². The van der Waals surface area contributed by atoms with Crippen molar-refractivity contribution in [2.75, 3.05) is 24.6 Å². The average molecular weight is 392 g/mol. The molecule has 7 nitrogen and oxygen atoms in total. The van der Waals surface area contributed by atoms with Gasteiger partial charge < -0.3 is 4.90 Å². The summed E-state index contributed by atoms with van der Waals surface area (Å²) >= 11 is 0. The van der Waals surface area contributed by atoms with Crippen molar-refractivity contribution >= 4 is 25.8 Å². The number of amides is 1. The number of carbonyl (C=O) groups excluding carboxylic acids is 1. The van der Waals surface area contributed by atoms with E-state index in [-0.39, 0.29) is 41.0 Å². The first-order valence-electron chi connectivity index (χ1n) is 7.75. The first-order valence-corrected chi connectivity index (χ1v) is 11.1. The van der Waals surface area contributed by atoms with Crippen LogP contribution in [0.5, 0.6) is 0 Å². The number of hydrogen-bond acceptors (Lipinski definition) is 5. The normalized spacial score (nSPS) is 19.7. The van der Waals surface area contributed by atoms with Crippen molar-refractivity contribution in [1.29, 1.82) is 0 Å². The van der Waals surface area contributed by atoms with Crippen LogP contribution in [-0.4, -0.2) is 58.3 Å². The van der Waals surface area contributed by atoms with Gasteiger partial charge in [0.1, 0.15) is 5.82 Å². The minimum absolute atomic E-state index is 0.0298. The summed E-state index contributed by atoms with van der Waals surface area (Å²) in [6.45, 7) is 2.79. The van der Waals surface area contributed by atoms with E-state index in [1.165, 1.54) is 24.8 Å². The molecule has 1 aromatic carbocycles. The second-order valence-corrected chi connectivity index (χ2v) is 10.1. The topological polar surface area (TPSA) is 101 Å². The van der Waals surface area contributed by atoms with Gasteiger partial charge in [-0.2, -0.15) is 0 Å². The molecule has 1 aliphatic heterocycles. The van der Waals surface area contributed by atoms with Gasteiger partial charge in [0.15, 0.2) is 9.84 Å². The average Bonchev–Trinajstić information content (AvgIpc) is 2.85. The number of hydrogen-bond donors (Lipinski definition) is 1. The first-order chi connectivity index (χ1) is 11.5. The van der Waals surface area contributed by atoms with Crippen molar-refractivity contribution in [1.82, 2.24) is 9.62 Å². The molecule has 1 atom stereocenters. The van der Waals surface area contributed by atoms with Crippen LogP contribution in [0, 0.1) is 12.7 Å². The molecule has 0 aromatic heterocycles. The molecule has 0 bridgehead atoms. The van der Waals surface area contributed by atoms with E-state index < -0.39 is 31.7 Å². The molecule has 0 saturated carbocycles. The lowest BCUT2D eigenvalue weighted by Gasteiger charge is -2.27. The Labute approximate surface area is 147 Å². The predicted molar refractivity (Wildman–Crippen MR) is 90.8 cm³/mol. The second kappa shape index (κ2) is 7.38. The quantitative estimate of drug-likeness (QED) is 0.757. The zero-order chi connectivity index (χ0) is 18.8. The molecular weight excluding hydrogens is 371 g/mol. The van der Waals surface area contributed by atoms with Crippen LogP contribution in [0.4, 0.5) is 4.39 Å². The molecule has 2 rings (SSSR count). The molecule has 1 saturated heterocycles. The third kappa shape index (κ3) is 4.99. The number of rotatable bonds is 6. The molecule has 1 fully saturated rings. The Balaban J connectivity index is 2.01. The zero-order valence-corrected chi connectivity index (χ0v) is 15.7. The van der Waals surface area contributed by atoms with Gasteiger partial charge in [0.05, 0.1) is 16.4 Å². The first kappa shape index (κ1) is 19.8. The second-order valence-electron chi connectivity index (χ2n) is 6.08. The number of aryl methyl sites for hydroxylation is 1. The molecule has 0 aliphatic carbocycles. The molecule has 1 N–H and O–H groups in total. The standard InChI is InChI=1S/C15H21FN2O5S2/c1-11-9-14(3-4-15(11)16)25(22,23)17-6-7-18(12(2)19)13-5-8-24(20,21)10-13/h3-4,9,13,17H,5-8,10H2,1-2H3. The summed E-state index contributed by atoms with van der Waals surface area (Å²) in [5, 5.41) is 0. The Morgan fingerprint density at radius 2 is 2.08 bits per heavy atom. The van der Waals surface area contributed by atoms with Crippen molar-refractivity contribution in [3.8, 4) is 0 Å². The zero-order valence-electron chi connectivity index (χ0n) is 14.0. The van der Waals surface area contributed by atoms with E-state index in [1.807, 2.05) is 0 Å². The van der Waals surface area contributed by atoms with Gasteiger partial charge in [-0.25, -0.2) is 25.9 Å². The molecule has 25 heavy (non-hydrogen) atoms. The maximum Gasteiger partial charge on any atom is 0.240 e. The summed E-state index contributed by atoms with van der Waals surface area (Å²) < 4.78 is 63.2. The van der Waals surface area contributed by atoms with Gasteiger partial charge >= 0.3 is 0 Å². The van der Waals surface area contributed by atoms with Crippen molar-refractivity contribution in [3.05, 3.63) is 29.6 Å². The maximum absolute atomic E-state index is 13.3. The minimum atomic E-state index is -3.84. The summed E-state index contributed by atoms with van der Waals surface area (Å²) in [5.41, 5.74) is 0.212. The van der Waals surface area contributed by atoms with E-state index in [0.29, 0.717) is 6.42 Å². The number of nitrogens with one attached hydrogen (secondary N) is 1. The van der Waals surface area contributed by atoms with Crippen LogP contribution in [0.25, 0.3) is 0 Å². The molecular formula is C15H21FN2O5S2. The lowest BCUT2D eigenvalue weighted by Crippen LogP contribution is -2.44. The third-order valence-electron chi connectivity index (χ3n) is 4.14. The smallest absolute Gasteiger partial charge is 0.240 e. The Bertz CT molecular complexity index is 868. The van der Waals surface area contributed by atoms with Crippen LogP contribution in [-0.2, 0) is 24.7 Å². The van der Waals surface area contributed by atoms with E-state index >= 15 is 0 Å². The van der Waals surface area contributed by atoms with E-state index in [9.17, 15) is 26.0 Å². The minimum Gasteiger partial charge on any atom is -0.338 e. The van der Waals surface area contributed by atoms with E-state index in [1.54, 1.807) is 0 Å². The van der Waals surface area contributed by atoms with Crippen molar-refractivity contribution in [3.63, 3.8) is 0 Å². The van der Waals surface area contributed by atoms with Gasteiger partial charge in [-0.1, -0.05) is 0 Å². The highest BCUT2D eigenvalue weighted by Crippen LogP contribution is 2.18. The monoisotopic (exact) mass is 392 g/mol. The Hall–Kier alpha value is -1.52. The fraction of sp³-hybridized carbons (Fsp3) is 0.533.